The van der Waals surface area contributed by atoms with Crippen molar-refractivity contribution in [3.8, 4) is 0 Å². The predicted octanol–water partition coefficient (Wildman–Crippen LogP) is 0.992. The summed E-state index contributed by atoms with van der Waals surface area (Å²) in [6.07, 6.45) is 10.3. The monoisotopic (exact) mass is 310 g/mol. The lowest BCUT2D eigenvalue weighted by atomic mass is 9.86. The van der Waals surface area contributed by atoms with E-state index in [4.69, 9.17) is 4.74 Å². The Morgan fingerprint density at radius 1 is 1.23 bits per heavy atom. The van der Waals surface area contributed by atoms with Crippen LogP contribution in [0.5, 0.6) is 0 Å². The molecule has 3 N–H and O–H groups in total. The van der Waals surface area contributed by atoms with Gasteiger partial charge < -0.3 is 15.0 Å². The number of hydrogen-bond donors (Lipinski definition) is 3. The zero-order valence-corrected chi connectivity index (χ0v) is 14.5. The Morgan fingerprint density at radius 2 is 2.00 bits per heavy atom. The Bertz CT molecular complexity index is 329. The van der Waals surface area contributed by atoms with Crippen LogP contribution in [0.25, 0.3) is 0 Å². The molecular formula is C17H34N4O. The first-order chi connectivity index (χ1) is 10.7. The Morgan fingerprint density at radius 3 is 2.68 bits per heavy atom. The number of methoxy groups -OCH3 is 1. The van der Waals surface area contributed by atoms with Gasteiger partial charge in [-0.3, -0.25) is 10.9 Å². The molecule has 2 unspecified atom stereocenters. The Hall–Kier alpha value is -0.460. The van der Waals surface area contributed by atoms with Gasteiger partial charge in [-0.2, -0.15) is 0 Å². The van der Waals surface area contributed by atoms with Crippen molar-refractivity contribution >= 4 is 0 Å². The normalized spacial score (nSPS) is 33.1. The molecule has 1 aliphatic carbocycles. The van der Waals surface area contributed by atoms with E-state index in [1.165, 1.54) is 25.7 Å². The highest BCUT2D eigenvalue weighted by atomic mass is 16.5. The van der Waals surface area contributed by atoms with Gasteiger partial charge in [-0.15, -0.1) is 0 Å². The maximum Gasteiger partial charge on any atom is 0.0571 e. The third kappa shape index (κ3) is 5.63. The zero-order valence-electron chi connectivity index (χ0n) is 14.5. The number of likely N-dealkylation sites (N-methyl/N-ethyl adjacent to an activating group) is 2. The summed E-state index contributed by atoms with van der Waals surface area (Å²) < 4.78 is 5.45. The van der Waals surface area contributed by atoms with Crippen molar-refractivity contribution in [2.24, 2.45) is 11.8 Å². The molecule has 1 aliphatic heterocycles. The average Bonchev–Trinajstić information content (AvgIpc) is 2.98. The fourth-order valence-corrected chi connectivity index (χ4v) is 3.52. The number of hydrogen-bond acceptors (Lipinski definition) is 5. The molecule has 128 valence electrons. The quantitative estimate of drug-likeness (QED) is 0.584. The van der Waals surface area contributed by atoms with Gasteiger partial charge in [0.25, 0.3) is 0 Å². The van der Waals surface area contributed by atoms with Crippen molar-refractivity contribution in [1.82, 2.24) is 21.1 Å². The van der Waals surface area contributed by atoms with Crippen LogP contribution in [0.2, 0.25) is 0 Å². The van der Waals surface area contributed by atoms with E-state index >= 15 is 0 Å². The van der Waals surface area contributed by atoms with Crippen LogP contribution < -0.4 is 16.2 Å². The van der Waals surface area contributed by atoms with Gasteiger partial charge in [-0.25, -0.2) is 0 Å². The van der Waals surface area contributed by atoms with Crippen LogP contribution in [0, 0.1) is 11.8 Å². The van der Waals surface area contributed by atoms with Crippen molar-refractivity contribution < 1.29 is 4.74 Å². The summed E-state index contributed by atoms with van der Waals surface area (Å²) in [7, 11) is 6.06. The first kappa shape index (κ1) is 17.9. The largest absolute Gasteiger partial charge is 0.381 e. The molecule has 5 nitrogen and oxygen atoms in total. The molecule has 0 radical (unpaired) electrons. The summed E-state index contributed by atoms with van der Waals surface area (Å²) in [5.41, 5.74) is 6.75. The van der Waals surface area contributed by atoms with Gasteiger partial charge in [-0.1, -0.05) is 12.2 Å². The summed E-state index contributed by atoms with van der Waals surface area (Å²) in [6, 6.07) is 0.456. The summed E-state index contributed by atoms with van der Waals surface area (Å²) in [6.45, 7) is 4.33. The molecule has 1 heterocycles. The van der Waals surface area contributed by atoms with Crippen molar-refractivity contribution in [3.63, 3.8) is 0 Å². The van der Waals surface area contributed by atoms with Gasteiger partial charge >= 0.3 is 0 Å². The maximum absolute atomic E-state index is 5.45. The van der Waals surface area contributed by atoms with Gasteiger partial charge in [0, 0.05) is 45.2 Å². The number of ether oxygens (including phenoxy) is 1. The van der Waals surface area contributed by atoms with E-state index in [2.05, 4.69) is 40.3 Å². The van der Waals surface area contributed by atoms with Crippen molar-refractivity contribution in [1.29, 1.82) is 0 Å². The van der Waals surface area contributed by atoms with E-state index in [0.29, 0.717) is 18.1 Å². The first-order valence-electron chi connectivity index (χ1n) is 8.75. The molecule has 1 saturated heterocycles. The van der Waals surface area contributed by atoms with E-state index in [-0.39, 0.29) is 0 Å². The Labute approximate surface area is 135 Å². The fourth-order valence-electron chi connectivity index (χ4n) is 3.52. The Kier molecular flexibility index (Phi) is 7.83. The van der Waals surface area contributed by atoms with Gasteiger partial charge in [0.05, 0.1) is 6.10 Å². The van der Waals surface area contributed by atoms with Crippen molar-refractivity contribution in [3.05, 3.63) is 12.2 Å². The second-order valence-electron chi connectivity index (χ2n) is 6.83. The number of nitrogens with one attached hydrogen (secondary N) is 3. The van der Waals surface area contributed by atoms with Crippen LogP contribution in [0.15, 0.2) is 12.2 Å². The van der Waals surface area contributed by atoms with Gasteiger partial charge in [0.1, 0.15) is 0 Å². The highest BCUT2D eigenvalue weighted by Crippen LogP contribution is 2.27. The second-order valence-corrected chi connectivity index (χ2v) is 6.83. The van der Waals surface area contributed by atoms with Crippen LogP contribution in [0.4, 0.5) is 0 Å². The third-order valence-corrected chi connectivity index (χ3v) is 5.07. The molecule has 1 saturated carbocycles. The predicted molar refractivity (Wildman–Crippen MR) is 91.7 cm³/mol. The van der Waals surface area contributed by atoms with E-state index < -0.39 is 0 Å². The minimum absolute atomic E-state index is 0.456. The van der Waals surface area contributed by atoms with Crippen molar-refractivity contribution in [2.75, 3.05) is 47.4 Å². The van der Waals surface area contributed by atoms with Gasteiger partial charge in [-0.05, 0) is 45.7 Å². The van der Waals surface area contributed by atoms with Gasteiger partial charge in [0.15, 0.2) is 0 Å². The number of rotatable bonds is 8. The van der Waals surface area contributed by atoms with E-state index in [1.807, 2.05) is 14.2 Å². The fraction of sp³-hybridized carbons (Fsp3) is 0.882. The van der Waals surface area contributed by atoms with Crippen LogP contribution in [0.3, 0.4) is 0 Å². The minimum atomic E-state index is 0.456. The minimum Gasteiger partial charge on any atom is -0.381 e. The molecule has 0 bridgehead atoms. The first-order valence-corrected chi connectivity index (χ1v) is 8.75. The van der Waals surface area contributed by atoms with Crippen LogP contribution in [0.1, 0.15) is 25.7 Å². The third-order valence-electron chi connectivity index (χ3n) is 5.07. The van der Waals surface area contributed by atoms with Crippen LogP contribution in [-0.2, 0) is 4.74 Å². The molecular weight excluding hydrogens is 276 g/mol. The maximum atomic E-state index is 5.45. The lowest BCUT2D eigenvalue weighted by Gasteiger charge is -2.26. The SMILES string of the molecule is CNCCN(C)CC1CNNC1/C=C/C1CCC(OC)CC1. The van der Waals surface area contributed by atoms with E-state index in [9.17, 15) is 0 Å². The molecule has 2 fully saturated rings. The molecule has 5 heteroatoms. The van der Waals surface area contributed by atoms with Crippen molar-refractivity contribution in [2.45, 2.75) is 37.8 Å². The second kappa shape index (κ2) is 9.63. The van der Waals surface area contributed by atoms with Gasteiger partial charge in [0.2, 0.25) is 0 Å². The standard InChI is InChI=1S/C17H34N4O/c1-18-10-11-21(2)13-15-12-19-20-17(15)9-6-14-4-7-16(22-3)8-5-14/h6,9,14-20H,4-5,7-8,10-13H2,1-3H3/b9-6+. The number of hydrazine groups is 1. The topological polar surface area (TPSA) is 48.6 Å². The highest BCUT2D eigenvalue weighted by Gasteiger charge is 2.26. The smallest absolute Gasteiger partial charge is 0.0571 e. The molecule has 2 rings (SSSR count). The average molecular weight is 310 g/mol. The summed E-state index contributed by atoms with van der Waals surface area (Å²) in [5, 5.41) is 3.21. The lowest BCUT2D eigenvalue weighted by molar-refractivity contribution is 0.0626. The highest BCUT2D eigenvalue weighted by molar-refractivity contribution is 5.03. The summed E-state index contributed by atoms with van der Waals surface area (Å²) >= 11 is 0. The summed E-state index contributed by atoms with van der Waals surface area (Å²) in [4.78, 5) is 2.42. The number of nitrogens with zero attached hydrogens (tertiary/aromatic N) is 1. The summed E-state index contributed by atoms with van der Waals surface area (Å²) in [5.74, 6) is 1.38. The lowest BCUT2D eigenvalue weighted by Crippen LogP contribution is -2.37. The van der Waals surface area contributed by atoms with Crippen LogP contribution >= 0.6 is 0 Å². The van der Waals surface area contributed by atoms with Crippen LogP contribution in [-0.4, -0.2) is 64.4 Å². The molecule has 2 atom stereocenters. The molecule has 0 spiro atoms. The molecule has 22 heavy (non-hydrogen) atoms. The Balaban J connectivity index is 1.74. The van der Waals surface area contributed by atoms with E-state index in [1.54, 1.807) is 0 Å². The molecule has 0 aromatic carbocycles. The van der Waals surface area contributed by atoms with E-state index in [0.717, 1.165) is 32.1 Å². The molecule has 0 amide bonds. The molecule has 0 aromatic rings. The molecule has 0 aromatic heterocycles. The molecule has 2 aliphatic rings. The zero-order chi connectivity index (χ0) is 15.8. The number of allylic oxidation sites excluding steroid dienone is 1.